The Kier molecular flexibility index (Phi) is 7.25. The molecule has 0 saturated heterocycles. The highest BCUT2D eigenvalue weighted by Gasteiger charge is 2.13. The van der Waals surface area contributed by atoms with Gasteiger partial charge in [-0.05, 0) is 36.3 Å². The third-order valence-electron chi connectivity index (χ3n) is 4.14. The molecule has 0 aromatic heterocycles. The first-order valence-corrected chi connectivity index (χ1v) is 7.94. The van der Waals surface area contributed by atoms with Crippen molar-refractivity contribution >= 4 is 0 Å². The molecule has 2 N–H and O–H groups in total. The molecule has 1 rings (SSSR count). The van der Waals surface area contributed by atoms with E-state index in [2.05, 4.69) is 64.2 Å². The second-order valence-corrected chi connectivity index (χ2v) is 6.44. The number of hydrogen-bond acceptors (Lipinski definition) is 2. The lowest BCUT2D eigenvalue weighted by Crippen LogP contribution is -2.34. The predicted octanol–water partition coefficient (Wildman–Crippen LogP) is 3.94. The maximum atomic E-state index is 10.2. The Morgan fingerprint density at radius 2 is 1.65 bits per heavy atom. The Hall–Kier alpha value is -0.860. The van der Waals surface area contributed by atoms with Crippen molar-refractivity contribution in [1.82, 2.24) is 5.32 Å². The van der Waals surface area contributed by atoms with E-state index in [0.717, 1.165) is 18.4 Å². The number of aliphatic hydroxyl groups is 1. The first kappa shape index (κ1) is 17.2. The fourth-order valence-corrected chi connectivity index (χ4v) is 2.32. The lowest BCUT2D eigenvalue weighted by molar-refractivity contribution is 0.166. The highest BCUT2D eigenvalue weighted by atomic mass is 16.3. The molecule has 0 spiro atoms. The summed E-state index contributed by atoms with van der Waals surface area (Å²) in [6, 6.07) is 8.82. The van der Waals surface area contributed by atoms with Crippen LogP contribution in [0.3, 0.4) is 0 Å². The average Bonchev–Trinajstić information content (AvgIpc) is 2.43. The van der Waals surface area contributed by atoms with Crippen molar-refractivity contribution in [1.29, 1.82) is 0 Å². The Bertz CT molecular complexity index is 372. The van der Waals surface area contributed by atoms with E-state index < -0.39 is 6.10 Å². The van der Waals surface area contributed by atoms with E-state index in [1.165, 1.54) is 5.56 Å². The molecular formula is C18H31NO. The van der Waals surface area contributed by atoms with Crippen molar-refractivity contribution in [3.05, 3.63) is 35.4 Å². The Morgan fingerprint density at radius 3 is 2.15 bits per heavy atom. The molecule has 0 fully saturated rings. The molecule has 1 aromatic rings. The molecular weight excluding hydrogens is 246 g/mol. The van der Waals surface area contributed by atoms with Crippen LogP contribution in [0, 0.1) is 11.8 Å². The molecule has 0 aliphatic carbocycles. The molecule has 0 radical (unpaired) electrons. The van der Waals surface area contributed by atoms with E-state index in [-0.39, 0.29) is 0 Å². The quantitative estimate of drug-likeness (QED) is 0.754. The predicted molar refractivity (Wildman–Crippen MR) is 86.9 cm³/mol. The molecule has 0 amide bonds. The van der Waals surface area contributed by atoms with Gasteiger partial charge in [0.15, 0.2) is 0 Å². The van der Waals surface area contributed by atoms with Crippen LogP contribution in [-0.4, -0.2) is 17.7 Å². The molecule has 0 bridgehead atoms. The number of aliphatic hydroxyl groups excluding tert-OH is 1. The summed E-state index contributed by atoms with van der Waals surface area (Å²) in [6.07, 6.45) is 1.84. The van der Waals surface area contributed by atoms with E-state index >= 15 is 0 Å². The molecule has 0 aliphatic heterocycles. The van der Waals surface area contributed by atoms with Gasteiger partial charge in [-0.2, -0.15) is 0 Å². The fraction of sp³-hybridized carbons (Fsp3) is 0.667. The normalized spacial score (nSPS) is 16.1. The van der Waals surface area contributed by atoms with Crippen LogP contribution in [0.4, 0.5) is 0 Å². The largest absolute Gasteiger partial charge is 0.387 e. The Morgan fingerprint density at radius 1 is 1.05 bits per heavy atom. The van der Waals surface area contributed by atoms with E-state index in [1.54, 1.807) is 0 Å². The minimum Gasteiger partial charge on any atom is -0.387 e. The van der Waals surface area contributed by atoms with Gasteiger partial charge in [-0.3, -0.25) is 0 Å². The smallest absolute Gasteiger partial charge is 0.0914 e. The van der Waals surface area contributed by atoms with Gasteiger partial charge in [0.05, 0.1) is 6.10 Å². The number of nitrogens with one attached hydrogen (secondary N) is 1. The van der Waals surface area contributed by atoms with Crippen molar-refractivity contribution in [2.45, 2.75) is 59.6 Å². The molecule has 114 valence electrons. The van der Waals surface area contributed by atoms with Gasteiger partial charge in [-0.25, -0.2) is 0 Å². The zero-order valence-corrected chi connectivity index (χ0v) is 13.7. The number of benzene rings is 1. The second kappa shape index (κ2) is 8.43. The summed E-state index contributed by atoms with van der Waals surface area (Å²) in [7, 11) is 0. The van der Waals surface area contributed by atoms with Crippen LogP contribution in [0.1, 0.15) is 58.3 Å². The summed E-state index contributed by atoms with van der Waals surface area (Å²) >= 11 is 0. The van der Waals surface area contributed by atoms with Crippen LogP contribution in [0.2, 0.25) is 0 Å². The summed E-state index contributed by atoms with van der Waals surface area (Å²) in [5.41, 5.74) is 2.35. The van der Waals surface area contributed by atoms with Gasteiger partial charge >= 0.3 is 0 Å². The van der Waals surface area contributed by atoms with E-state index in [1.807, 2.05) is 0 Å². The van der Waals surface area contributed by atoms with Gasteiger partial charge in [-0.1, -0.05) is 58.4 Å². The molecule has 0 saturated carbocycles. The molecule has 2 heteroatoms. The van der Waals surface area contributed by atoms with Gasteiger partial charge in [0.25, 0.3) is 0 Å². The third-order valence-corrected chi connectivity index (χ3v) is 4.14. The SMILES string of the molecule is CCC(C)C(C)NCC(O)c1ccc(CC(C)C)cc1. The molecule has 2 nitrogen and oxygen atoms in total. The molecule has 0 aliphatic rings. The van der Waals surface area contributed by atoms with E-state index in [9.17, 15) is 5.11 Å². The van der Waals surface area contributed by atoms with Crippen molar-refractivity contribution in [3.63, 3.8) is 0 Å². The van der Waals surface area contributed by atoms with Crippen molar-refractivity contribution in [3.8, 4) is 0 Å². The highest BCUT2D eigenvalue weighted by molar-refractivity contribution is 5.24. The van der Waals surface area contributed by atoms with Gasteiger partial charge < -0.3 is 10.4 Å². The topological polar surface area (TPSA) is 32.3 Å². The Labute approximate surface area is 124 Å². The average molecular weight is 277 g/mol. The minimum absolute atomic E-state index is 0.422. The van der Waals surface area contributed by atoms with Crippen LogP contribution >= 0.6 is 0 Å². The lowest BCUT2D eigenvalue weighted by Gasteiger charge is -2.22. The fourth-order valence-electron chi connectivity index (χ4n) is 2.32. The summed E-state index contributed by atoms with van der Waals surface area (Å²) < 4.78 is 0. The summed E-state index contributed by atoms with van der Waals surface area (Å²) in [4.78, 5) is 0. The third kappa shape index (κ3) is 5.64. The maximum absolute atomic E-state index is 10.2. The van der Waals surface area contributed by atoms with Crippen LogP contribution in [0.5, 0.6) is 0 Å². The maximum Gasteiger partial charge on any atom is 0.0914 e. The standard InChI is InChI=1S/C18H31NO/c1-6-14(4)15(5)19-12-18(20)17-9-7-16(8-10-17)11-13(2)3/h7-10,13-15,18-20H,6,11-12H2,1-5H3. The second-order valence-electron chi connectivity index (χ2n) is 6.44. The van der Waals surface area contributed by atoms with Crippen molar-refractivity contribution < 1.29 is 5.11 Å². The van der Waals surface area contributed by atoms with Gasteiger partial charge in [0.2, 0.25) is 0 Å². The monoisotopic (exact) mass is 277 g/mol. The zero-order chi connectivity index (χ0) is 15.1. The molecule has 1 aromatic carbocycles. The first-order chi connectivity index (χ1) is 9.43. The Balaban J connectivity index is 2.49. The molecule has 3 atom stereocenters. The summed E-state index contributed by atoms with van der Waals surface area (Å²) in [5, 5.41) is 13.7. The van der Waals surface area contributed by atoms with Crippen LogP contribution in [0.25, 0.3) is 0 Å². The molecule has 3 unspecified atom stereocenters. The minimum atomic E-state index is -0.422. The van der Waals surface area contributed by atoms with Crippen LogP contribution in [0.15, 0.2) is 24.3 Å². The van der Waals surface area contributed by atoms with Crippen molar-refractivity contribution in [2.75, 3.05) is 6.54 Å². The summed E-state index contributed by atoms with van der Waals surface area (Å²) in [6.45, 7) is 11.7. The lowest BCUT2D eigenvalue weighted by atomic mass is 9.99. The van der Waals surface area contributed by atoms with E-state index in [4.69, 9.17) is 0 Å². The first-order valence-electron chi connectivity index (χ1n) is 7.94. The highest BCUT2D eigenvalue weighted by Crippen LogP contribution is 2.16. The number of rotatable bonds is 8. The number of hydrogen-bond donors (Lipinski definition) is 2. The molecule has 20 heavy (non-hydrogen) atoms. The molecule has 0 heterocycles. The zero-order valence-electron chi connectivity index (χ0n) is 13.7. The van der Waals surface area contributed by atoms with Crippen LogP contribution < -0.4 is 5.32 Å². The van der Waals surface area contributed by atoms with E-state index in [0.29, 0.717) is 24.4 Å². The van der Waals surface area contributed by atoms with Gasteiger partial charge in [0.1, 0.15) is 0 Å². The summed E-state index contributed by atoms with van der Waals surface area (Å²) in [5.74, 6) is 1.31. The van der Waals surface area contributed by atoms with Gasteiger partial charge in [-0.15, -0.1) is 0 Å². The van der Waals surface area contributed by atoms with Crippen molar-refractivity contribution in [2.24, 2.45) is 11.8 Å². The van der Waals surface area contributed by atoms with Gasteiger partial charge in [0, 0.05) is 12.6 Å². The van der Waals surface area contributed by atoms with Crippen LogP contribution in [-0.2, 0) is 6.42 Å².